The van der Waals surface area contributed by atoms with Gasteiger partial charge < -0.3 is 24.8 Å². The maximum atomic E-state index is 5.43. The van der Waals surface area contributed by atoms with Crippen LogP contribution >= 0.6 is 0 Å². The number of methoxy groups -OCH3 is 3. The minimum Gasteiger partial charge on any atom is -0.497 e. The van der Waals surface area contributed by atoms with Gasteiger partial charge in [0.1, 0.15) is 23.1 Å². The molecule has 1 heterocycles. The van der Waals surface area contributed by atoms with E-state index in [4.69, 9.17) is 14.2 Å². The molecule has 0 saturated heterocycles. The van der Waals surface area contributed by atoms with Crippen molar-refractivity contribution in [2.45, 2.75) is 13.8 Å². The third-order valence-corrected chi connectivity index (χ3v) is 4.13. The van der Waals surface area contributed by atoms with E-state index in [0.29, 0.717) is 29.0 Å². The van der Waals surface area contributed by atoms with Crippen molar-refractivity contribution < 1.29 is 14.2 Å². The maximum Gasteiger partial charge on any atom is 0.229 e. The van der Waals surface area contributed by atoms with Gasteiger partial charge in [0, 0.05) is 17.8 Å². The minimum absolute atomic E-state index is 0.445. The molecule has 0 unspecified atom stereocenters. The Morgan fingerprint density at radius 1 is 0.714 bits per heavy atom. The van der Waals surface area contributed by atoms with Crippen LogP contribution < -0.4 is 24.8 Å². The summed E-state index contributed by atoms with van der Waals surface area (Å²) in [7, 11) is 4.87. The summed E-state index contributed by atoms with van der Waals surface area (Å²) in [6, 6.07) is 13.3. The second-order valence-electron chi connectivity index (χ2n) is 6.24. The summed E-state index contributed by atoms with van der Waals surface area (Å²) in [6.07, 6.45) is 0. The molecule has 0 spiro atoms. The summed E-state index contributed by atoms with van der Waals surface area (Å²) in [4.78, 5) is 9.05. The molecule has 2 aromatic carbocycles. The Balaban J connectivity index is 1.92. The van der Waals surface area contributed by atoms with Crippen molar-refractivity contribution in [1.29, 1.82) is 0 Å². The van der Waals surface area contributed by atoms with Crippen LogP contribution in [0, 0.1) is 13.8 Å². The van der Waals surface area contributed by atoms with Gasteiger partial charge in [-0.2, -0.15) is 4.98 Å². The number of nitrogens with zero attached hydrogens (tertiary/aromatic N) is 2. The number of aryl methyl sites for hydroxylation is 2. The van der Waals surface area contributed by atoms with Crippen LogP contribution in [0.15, 0.2) is 42.5 Å². The smallest absolute Gasteiger partial charge is 0.229 e. The van der Waals surface area contributed by atoms with Gasteiger partial charge in [-0.3, -0.25) is 0 Å². The molecule has 0 aliphatic rings. The molecule has 3 rings (SSSR count). The molecule has 7 heteroatoms. The van der Waals surface area contributed by atoms with E-state index in [9.17, 15) is 0 Å². The van der Waals surface area contributed by atoms with E-state index in [-0.39, 0.29) is 0 Å². The van der Waals surface area contributed by atoms with E-state index in [2.05, 4.69) is 20.6 Å². The summed E-state index contributed by atoms with van der Waals surface area (Å²) in [5, 5.41) is 6.52. The fourth-order valence-electron chi connectivity index (χ4n) is 2.78. The van der Waals surface area contributed by atoms with Gasteiger partial charge in [0.15, 0.2) is 0 Å². The predicted molar refractivity (Wildman–Crippen MR) is 111 cm³/mol. The average molecular weight is 380 g/mol. The summed E-state index contributed by atoms with van der Waals surface area (Å²) in [6.45, 7) is 3.94. The van der Waals surface area contributed by atoms with E-state index >= 15 is 0 Å². The molecular weight excluding hydrogens is 356 g/mol. The Morgan fingerprint density at radius 3 is 2.07 bits per heavy atom. The number of hydrogen-bond acceptors (Lipinski definition) is 7. The quantitative estimate of drug-likeness (QED) is 0.620. The molecule has 0 radical (unpaired) electrons. The van der Waals surface area contributed by atoms with Gasteiger partial charge in [-0.25, -0.2) is 4.98 Å². The lowest BCUT2D eigenvalue weighted by atomic mass is 10.2. The van der Waals surface area contributed by atoms with E-state index in [1.165, 1.54) is 0 Å². The Hall–Kier alpha value is -3.48. The molecule has 0 saturated carbocycles. The number of ether oxygens (including phenoxy) is 3. The monoisotopic (exact) mass is 380 g/mol. The van der Waals surface area contributed by atoms with Crippen LogP contribution in [0.1, 0.15) is 11.3 Å². The van der Waals surface area contributed by atoms with Crippen LogP contribution in [-0.4, -0.2) is 31.3 Å². The van der Waals surface area contributed by atoms with Gasteiger partial charge >= 0.3 is 0 Å². The first-order valence-corrected chi connectivity index (χ1v) is 8.78. The lowest BCUT2D eigenvalue weighted by molar-refractivity contribution is 0.405. The summed E-state index contributed by atoms with van der Waals surface area (Å²) < 4.78 is 16.1. The Kier molecular flexibility index (Phi) is 5.84. The molecule has 3 aromatic rings. The molecule has 7 nitrogen and oxygen atoms in total. The summed E-state index contributed by atoms with van der Waals surface area (Å²) in [5.41, 5.74) is 3.49. The third-order valence-electron chi connectivity index (χ3n) is 4.13. The SMILES string of the molecule is COc1ccc(OC)c(Nc2nc(C)cc(Nc3cc(C)ccc3OC)n2)c1. The van der Waals surface area contributed by atoms with Crippen LogP contribution in [0.5, 0.6) is 17.2 Å². The number of hydrogen-bond donors (Lipinski definition) is 2. The van der Waals surface area contributed by atoms with Crippen LogP contribution in [-0.2, 0) is 0 Å². The molecule has 146 valence electrons. The zero-order valence-electron chi connectivity index (χ0n) is 16.7. The molecule has 0 amide bonds. The average Bonchev–Trinajstić information content (AvgIpc) is 2.67. The number of aromatic nitrogens is 2. The zero-order chi connectivity index (χ0) is 20.1. The molecule has 0 aliphatic carbocycles. The van der Waals surface area contributed by atoms with Gasteiger partial charge in [0.2, 0.25) is 5.95 Å². The highest BCUT2D eigenvalue weighted by molar-refractivity contribution is 5.68. The molecule has 1 aromatic heterocycles. The number of anilines is 4. The molecule has 2 N–H and O–H groups in total. The van der Waals surface area contributed by atoms with Gasteiger partial charge in [-0.15, -0.1) is 0 Å². The standard InChI is InChI=1S/C21H24N4O3/c1-13-6-8-18(27-4)16(10-13)23-20-11-14(2)22-21(25-20)24-17-12-15(26-3)7-9-19(17)28-5/h6-12H,1-5H3,(H2,22,23,24,25). The Bertz CT molecular complexity index is 976. The van der Waals surface area contributed by atoms with Crippen molar-refractivity contribution in [3.05, 3.63) is 53.7 Å². The minimum atomic E-state index is 0.445. The van der Waals surface area contributed by atoms with Crippen molar-refractivity contribution in [3.63, 3.8) is 0 Å². The van der Waals surface area contributed by atoms with Crippen molar-refractivity contribution in [1.82, 2.24) is 9.97 Å². The number of nitrogens with one attached hydrogen (secondary N) is 2. The van der Waals surface area contributed by atoms with E-state index < -0.39 is 0 Å². The second-order valence-corrected chi connectivity index (χ2v) is 6.24. The van der Waals surface area contributed by atoms with Crippen LogP contribution in [0.25, 0.3) is 0 Å². The summed E-state index contributed by atoms with van der Waals surface area (Å²) >= 11 is 0. The molecular formula is C21H24N4O3. The number of rotatable bonds is 7. The van der Waals surface area contributed by atoms with Crippen LogP contribution in [0.4, 0.5) is 23.1 Å². The first kappa shape index (κ1) is 19.3. The van der Waals surface area contributed by atoms with Crippen molar-refractivity contribution >= 4 is 23.1 Å². The van der Waals surface area contributed by atoms with Crippen LogP contribution in [0.2, 0.25) is 0 Å². The van der Waals surface area contributed by atoms with Gasteiger partial charge in [-0.1, -0.05) is 6.07 Å². The third kappa shape index (κ3) is 4.43. The largest absolute Gasteiger partial charge is 0.497 e. The predicted octanol–water partition coefficient (Wildman–Crippen LogP) is 4.61. The Morgan fingerprint density at radius 2 is 1.39 bits per heavy atom. The number of benzene rings is 2. The highest BCUT2D eigenvalue weighted by Crippen LogP contribution is 2.32. The molecule has 28 heavy (non-hydrogen) atoms. The molecule has 0 aliphatic heterocycles. The topological polar surface area (TPSA) is 77.5 Å². The van der Waals surface area contributed by atoms with E-state index in [1.54, 1.807) is 21.3 Å². The highest BCUT2D eigenvalue weighted by Gasteiger charge is 2.10. The molecule has 0 bridgehead atoms. The fourth-order valence-corrected chi connectivity index (χ4v) is 2.78. The molecule has 0 atom stereocenters. The Labute approximate surface area is 164 Å². The second kappa shape index (κ2) is 8.47. The van der Waals surface area contributed by atoms with E-state index in [0.717, 1.165) is 22.7 Å². The summed E-state index contributed by atoms with van der Waals surface area (Å²) in [5.74, 6) is 3.21. The maximum absolute atomic E-state index is 5.43. The lowest BCUT2D eigenvalue weighted by Crippen LogP contribution is -2.04. The van der Waals surface area contributed by atoms with Gasteiger partial charge in [0.05, 0.1) is 32.7 Å². The van der Waals surface area contributed by atoms with Crippen LogP contribution in [0.3, 0.4) is 0 Å². The molecule has 0 fully saturated rings. The van der Waals surface area contributed by atoms with Crippen molar-refractivity contribution in [2.75, 3.05) is 32.0 Å². The normalized spacial score (nSPS) is 10.3. The van der Waals surface area contributed by atoms with Crippen molar-refractivity contribution in [2.24, 2.45) is 0 Å². The lowest BCUT2D eigenvalue weighted by Gasteiger charge is -2.14. The highest BCUT2D eigenvalue weighted by atomic mass is 16.5. The van der Waals surface area contributed by atoms with Gasteiger partial charge in [-0.05, 0) is 43.7 Å². The van der Waals surface area contributed by atoms with Gasteiger partial charge in [0.25, 0.3) is 0 Å². The zero-order valence-corrected chi connectivity index (χ0v) is 16.7. The fraction of sp³-hybridized carbons (Fsp3) is 0.238. The van der Waals surface area contributed by atoms with E-state index in [1.807, 2.05) is 56.3 Å². The first-order chi connectivity index (χ1) is 13.5. The first-order valence-electron chi connectivity index (χ1n) is 8.78. The van der Waals surface area contributed by atoms with Crippen molar-refractivity contribution in [3.8, 4) is 17.2 Å².